The van der Waals surface area contributed by atoms with Crippen molar-refractivity contribution in [1.29, 1.82) is 0 Å². The molecule has 0 saturated carbocycles. The molecule has 90 valence electrons. The minimum absolute atomic E-state index is 0.144. The normalized spacial score (nSPS) is 13.8. The molecule has 0 saturated heterocycles. The number of ether oxygens (including phenoxy) is 1. The first-order chi connectivity index (χ1) is 7.45. The molecule has 0 aliphatic heterocycles. The monoisotopic (exact) mass is 225 g/mol. The maximum Gasteiger partial charge on any atom is 0.123 e. The Balaban J connectivity index is 2.67. The Kier molecular flexibility index (Phi) is 4.44. The second-order valence-electron chi connectivity index (χ2n) is 4.48. The van der Waals surface area contributed by atoms with E-state index in [0.29, 0.717) is 13.0 Å². The Morgan fingerprint density at radius 1 is 1.44 bits per heavy atom. The lowest BCUT2D eigenvalue weighted by atomic mass is 9.93. The fourth-order valence-electron chi connectivity index (χ4n) is 1.64. The lowest BCUT2D eigenvalue weighted by molar-refractivity contribution is -0.0288. The highest BCUT2D eigenvalue weighted by Gasteiger charge is 2.26. The maximum absolute atomic E-state index is 13.0. The Morgan fingerprint density at radius 3 is 2.69 bits per heavy atom. The molecule has 0 spiro atoms. The molecule has 0 heterocycles. The Labute approximate surface area is 96.6 Å². The highest BCUT2D eigenvalue weighted by molar-refractivity contribution is 5.18. The zero-order valence-electron chi connectivity index (χ0n) is 10.2. The van der Waals surface area contributed by atoms with Gasteiger partial charge in [0.05, 0.1) is 5.60 Å². The first kappa shape index (κ1) is 13.1. The van der Waals surface area contributed by atoms with Gasteiger partial charge in [0.15, 0.2) is 0 Å². The molecule has 0 fully saturated rings. The summed E-state index contributed by atoms with van der Waals surface area (Å²) in [6, 6.07) is 6.38. The summed E-state index contributed by atoms with van der Waals surface area (Å²) >= 11 is 0. The van der Waals surface area contributed by atoms with Crippen LogP contribution in [0, 0.1) is 5.82 Å². The molecular weight excluding hydrogens is 205 g/mol. The smallest absolute Gasteiger partial charge is 0.123 e. The van der Waals surface area contributed by atoms with Gasteiger partial charge in [0, 0.05) is 12.6 Å². The van der Waals surface area contributed by atoms with E-state index in [4.69, 9.17) is 10.5 Å². The van der Waals surface area contributed by atoms with Crippen LogP contribution in [0.15, 0.2) is 24.3 Å². The molecule has 2 N–H and O–H groups in total. The molecule has 0 aliphatic rings. The van der Waals surface area contributed by atoms with Gasteiger partial charge in [0.2, 0.25) is 0 Å². The molecule has 3 heteroatoms. The summed E-state index contributed by atoms with van der Waals surface area (Å²) in [7, 11) is 0. The number of halogens is 1. The summed E-state index contributed by atoms with van der Waals surface area (Å²) < 4.78 is 18.6. The largest absolute Gasteiger partial charge is 0.374 e. The molecule has 1 rings (SSSR count). The third-order valence-electron chi connectivity index (χ3n) is 2.75. The fourth-order valence-corrected chi connectivity index (χ4v) is 1.64. The van der Waals surface area contributed by atoms with E-state index in [9.17, 15) is 4.39 Å². The average Bonchev–Trinajstić information content (AvgIpc) is 2.17. The minimum Gasteiger partial charge on any atom is -0.374 e. The van der Waals surface area contributed by atoms with Gasteiger partial charge < -0.3 is 10.5 Å². The third kappa shape index (κ3) is 3.58. The maximum atomic E-state index is 13.0. The van der Waals surface area contributed by atoms with Gasteiger partial charge in [-0.25, -0.2) is 4.39 Å². The van der Waals surface area contributed by atoms with Gasteiger partial charge in [-0.3, -0.25) is 0 Å². The van der Waals surface area contributed by atoms with Crippen LogP contribution in [0.25, 0.3) is 0 Å². The van der Waals surface area contributed by atoms with Crippen molar-refractivity contribution in [2.75, 3.05) is 6.61 Å². The molecule has 2 nitrogen and oxygen atoms in total. The Hall–Kier alpha value is -0.930. The van der Waals surface area contributed by atoms with Crippen LogP contribution in [-0.2, 0) is 11.2 Å². The summed E-state index contributed by atoms with van der Waals surface area (Å²) in [6.07, 6.45) is 0.616. The van der Waals surface area contributed by atoms with Crippen molar-refractivity contribution in [3.8, 4) is 0 Å². The van der Waals surface area contributed by atoms with Crippen LogP contribution >= 0.6 is 0 Å². The molecule has 0 aliphatic carbocycles. The highest BCUT2D eigenvalue weighted by Crippen LogP contribution is 2.17. The van der Waals surface area contributed by atoms with Gasteiger partial charge in [0.1, 0.15) is 5.82 Å². The van der Waals surface area contributed by atoms with E-state index in [1.165, 1.54) is 12.1 Å². The molecule has 0 radical (unpaired) electrons. The van der Waals surface area contributed by atoms with Gasteiger partial charge in [-0.2, -0.15) is 0 Å². The van der Waals surface area contributed by atoms with Crippen LogP contribution < -0.4 is 5.73 Å². The molecule has 1 aromatic carbocycles. The lowest BCUT2D eigenvalue weighted by Gasteiger charge is -2.31. The zero-order valence-corrected chi connectivity index (χ0v) is 10.2. The molecule has 1 unspecified atom stereocenters. The molecule has 1 atom stereocenters. The number of hydrogen-bond acceptors (Lipinski definition) is 2. The summed E-state index contributed by atoms with van der Waals surface area (Å²) in [5.74, 6) is -0.223. The number of hydrogen-bond donors (Lipinski definition) is 1. The van der Waals surface area contributed by atoms with Crippen LogP contribution in [0.4, 0.5) is 4.39 Å². The Morgan fingerprint density at radius 2 is 2.12 bits per heavy atom. The van der Waals surface area contributed by atoms with Crippen LogP contribution in [-0.4, -0.2) is 18.2 Å². The van der Waals surface area contributed by atoms with Gasteiger partial charge >= 0.3 is 0 Å². The van der Waals surface area contributed by atoms with Crippen molar-refractivity contribution in [3.05, 3.63) is 35.6 Å². The number of rotatable bonds is 5. The summed E-state index contributed by atoms with van der Waals surface area (Å²) in [6.45, 7) is 6.49. The topological polar surface area (TPSA) is 35.2 Å². The van der Waals surface area contributed by atoms with E-state index in [1.54, 1.807) is 6.07 Å². The summed E-state index contributed by atoms with van der Waals surface area (Å²) in [4.78, 5) is 0. The van der Waals surface area contributed by atoms with Crippen molar-refractivity contribution >= 4 is 0 Å². The van der Waals surface area contributed by atoms with E-state index < -0.39 is 0 Å². The van der Waals surface area contributed by atoms with Crippen LogP contribution in [0.5, 0.6) is 0 Å². The van der Waals surface area contributed by atoms with Crippen molar-refractivity contribution in [1.82, 2.24) is 0 Å². The Bertz CT molecular complexity index is 338. The van der Waals surface area contributed by atoms with Gasteiger partial charge in [-0.1, -0.05) is 12.1 Å². The molecule has 0 amide bonds. The summed E-state index contributed by atoms with van der Waals surface area (Å²) in [5, 5.41) is 0. The van der Waals surface area contributed by atoms with Crippen LogP contribution in [0.3, 0.4) is 0 Å². The second kappa shape index (κ2) is 5.41. The highest BCUT2D eigenvalue weighted by atomic mass is 19.1. The zero-order chi connectivity index (χ0) is 12.2. The van der Waals surface area contributed by atoms with Gasteiger partial charge in [-0.15, -0.1) is 0 Å². The predicted octanol–water partition coefficient (Wildman–Crippen LogP) is 2.51. The second-order valence-corrected chi connectivity index (χ2v) is 4.48. The van der Waals surface area contributed by atoms with E-state index in [-0.39, 0.29) is 17.5 Å². The van der Waals surface area contributed by atoms with Crippen molar-refractivity contribution in [2.24, 2.45) is 5.73 Å². The molecule has 0 aromatic heterocycles. The number of nitrogens with two attached hydrogens (primary N) is 1. The van der Waals surface area contributed by atoms with Crippen molar-refractivity contribution < 1.29 is 9.13 Å². The van der Waals surface area contributed by atoms with Crippen LogP contribution in [0.2, 0.25) is 0 Å². The van der Waals surface area contributed by atoms with Crippen molar-refractivity contribution in [2.45, 2.75) is 38.8 Å². The van der Waals surface area contributed by atoms with E-state index >= 15 is 0 Å². The fraction of sp³-hybridized carbons (Fsp3) is 0.538. The van der Waals surface area contributed by atoms with E-state index in [2.05, 4.69) is 0 Å². The third-order valence-corrected chi connectivity index (χ3v) is 2.75. The quantitative estimate of drug-likeness (QED) is 0.835. The molecular formula is C13H20FNO. The SMILES string of the molecule is CCOC(C)(C)C(N)Cc1cccc(F)c1. The summed E-state index contributed by atoms with van der Waals surface area (Å²) in [5.41, 5.74) is 6.59. The standard InChI is InChI=1S/C13H20FNO/c1-4-16-13(2,3)12(15)9-10-6-5-7-11(14)8-10/h5-8,12H,4,9,15H2,1-3H3. The van der Waals surface area contributed by atoms with Crippen LogP contribution in [0.1, 0.15) is 26.3 Å². The molecule has 1 aromatic rings. The predicted molar refractivity (Wildman–Crippen MR) is 63.8 cm³/mol. The minimum atomic E-state index is -0.388. The first-order valence-corrected chi connectivity index (χ1v) is 5.59. The van der Waals surface area contributed by atoms with E-state index in [1.807, 2.05) is 26.8 Å². The first-order valence-electron chi connectivity index (χ1n) is 5.59. The lowest BCUT2D eigenvalue weighted by Crippen LogP contribution is -2.46. The van der Waals surface area contributed by atoms with Gasteiger partial charge in [0.25, 0.3) is 0 Å². The van der Waals surface area contributed by atoms with Gasteiger partial charge in [-0.05, 0) is 44.9 Å². The van der Waals surface area contributed by atoms with Crippen molar-refractivity contribution in [3.63, 3.8) is 0 Å². The molecule has 0 bridgehead atoms. The number of benzene rings is 1. The average molecular weight is 225 g/mol. The molecule has 16 heavy (non-hydrogen) atoms. The van der Waals surface area contributed by atoms with E-state index in [0.717, 1.165) is 5.56 Å².